The zero-order valence-electron chi connectivity index (χ0n) is 14.4. The number of benzene rings is 1. The number of carbonyl (C=O) groups is 1. The molecule has 1 aromatic carbocycles. The van der Waals surface area contributed by atoms with Gasteiger partial charge in [0.2, 0.25) is 5.91 Å². The predicted molar refractivity (Wildman–Crippen MR) is 96.2 cm³/mol. The molecular formula is C17H28ClN3O2. The van der Waals surface area contributed by atoms with Gasteiger partial charge >= 0.3 is 0 Å². The topological polar surface area (TPSA) is 76.4 Å². The van der Waals surface area contributed by atoms with Gasteiger partial charge in [-0.25, -0.2) is 0 Å². The minimum Gasteiger partial charge on any atom is -0.495 e. The van der Waals surface area contributed by atoms with Crippen LogP contribution in [0.1, 0.15) is 33.6 Å². The largest absolute Gasteiger partial charge is 0.495 e. The van der Waals surface area contributed by atoms with Gasteiger partial charge in [0.25, 0.3) is 0 Å². The molecule has 1 rings (SSSR count). The summed E-state index contributed by atoms with van der Waals surface area (Å²) in [5.41, 5.74) is 6.23. The molecule has 0 radical (unpaired) electrons. The van der Waals surface area contributed by atoms with Gasteiger partial charge in [-0.15, -0.1) is 0 Å². The van der Waals surface area contributed by atoms with E-state index in [1.165, 1.54) is 0 Å². The van der Waals surface area contributed by atoms with Gasteiger partial charge in [-0.3, -0.25) is 4.79 Å². The van der Waals surface area contributed by atoms with Crippen molar-refractivity contribution >= 4 is 23.2 Å². The third-order valence-corrected chi connectivity index (χ3v) is 3.81. The minimum atomic E-state index is -0.362. The summed E-state index contributed by atoms with van der Waals surface area (Å²) in [6, 6.07) is 5.33. The fourth-order valence-corrected chi connectivity index (χ4v) is 2.79. The number of methoxy groups -OCH3 is 1. The summed E-state index contributed by atoms with van der Waals surface area (Å²) in [5.74, 6) is 1.14. The van der Waals surface area contributed by atoms with Gasteiger partial charge in [0.1, 0.15) is 5.75 Å². The van der Waals surface area contributed by atoms with E-state index in [1.807, 2.05) is 6.92 Å². The Labute approximate surface area is 143 Å². The summed E-state index contributed by atoms with van der Waals surface area (Å²) in [4.78, 5) is 12.1. The monoisotopic (exact) mass is 341 g/mol. The third kappa shape index (κ3) is 6.67. The Bertz CT molecular complexity index is 523. The van der Waals surface area contributed by atoms with Crippen LogP contribution in [-0.4, -0.2) is 31.6 Å². The number of nitrogens with one attached hydrogen (secondary N) is 2. The molecule has 0 bridgehead atoms. The molecular weight excluding hydrogens is 314 g/mol. The second kappa shape index (κ2) is 8.99. The Morgan fingerprint density at radius 3 is 2.70 bits per heavy atom. The second-order valence-corrected chi connectivity index (χ2v) is 6.87. The normalized spacial score (nSPS) is 13.5. The Hall–Kier alpha value is -1.46. The fraction of sp³-hybridized carbons (Fsp3) is 0.588. The fourth-order valence-electron chi connectivity index (χ4n) is 2.61. The molecule has 5 nitrogen and oxygen atoms in total. The first-order valence-corrected chi connectivity index (χ1v) is 8.26. The van der Waals surface area contributed by atoms with Crippen molar-refractivity contribution in [2.45, 2.75) is 39.2 Å². The van der Waals surface area contributed by atoms with E-state index in [0.29, 0.717) is 36.2 Å². The predicted octanol–water partition coefficient (Wildman–Crippen LogP) is 3.03. The summed E-state index contributed by atoms with van der Waals surface area (Å²) in [6.45, 7) is 7.13. The summed E-state index contributed by atoms with van der Waals surface area (Å²) < 4.78 is 5.26. The number of anilines is 1. The van der Waals surface area contributed by atoms with Crippen molar-refractivity contribution in [1.29, 1.82) is 0 Å². The molecule has 130 valence electrons. The van der Waals surface area contributed by atoms with Crippen molar-refractivity contribution in [3.63, 3.8) is 0 Å². The lowest BCUT2D eigenvalue weighted by atomic mass is 9.90. The first-order valence-electron chi connectivity index (χ1n) is 7.88. The van der Waals surface area contributed by atoms with E-state index in [-0.39, 0.29) is 11.4 Å². The van der Waals surface area contributed by atoms with E-state index < -0.39 is 0 Å². The summed E-state index contributed by atoms with van der Waals surface area (Å²) >= 11 is 5.98. The average molecular weight is 342 g/mol. The number of hydrogen-bond donors (Lipinski definition) is 3. The minimum absolute atomic E-state index is 0.0212. The maximum atomic E-state index is 12.1. The number of ether oxygens (including phenoxy) is 1. The molecule has 0 saturated carbocycles. The first kappa shape index (κ1) is 19.6. The quantitative estimate of drug-likeness (QED) is 0.645. The molecule has 1 amide bonds. The SMILES string of the molecule is COc1ccc(Cl)cc1NCCC(=O)NC(C)(CN)CC(C)C. The van der Waals surface area contributed by atoms with Crippen molar-refractivity contribution in [2.75, 3.05) is 25.5 Å². The van der Waals surface area contributed by atoms with Crippen LogP contribution in [0, 0.1) is 5.92 Å². The van der Waals surface area contributed by atoms with Crippen LogP contribution in [-0.2, 0) is 4.79 Å². The summed E-state index contributed by atoms with van der Waals surface area (Å²) in [7, 11) is 1.60. The van der Waals surface area contributed by atoms with E-state index in [4.69, 9.17) is 22.1 Å². The molecule has 0 saturated heterocycles. The van der Waals surface area contributed by atoms with Crippen LogP contribution >= 0.6 is 11.6 Å². The highest BCUT2D eigenvalue weighted by molar-refractivity contribution is 6.30. The van der Waals surface area contributed by atoms with Crippen molar-refractivity contribution in [3.05, 3.63) is 23.2 Å². The van der Waals surface area contributed by atoms with Crippen LogP contribution < -0.4 is 21.1 Å². The Morgan fingerprint density at radius 1 is 1.43 bits per heavy atom. The number of carbonyl (C=O) groups excluding carboxylic acids is 1. The molecule has 6 heteroatoms. The molecule has 0 aromatic heterocycles. The Balaban J connectivity index is 2.52. The van der Waals surface area contributed by atoms with Gasteiger partial charge in [0.15, 0.2) is 0 Å². The molecule has 0 spiro atoms. The van der Waals surface area contributed by atoms with E-state index in [9.17, 15) is 4.79 Å². The van der Waals surface area contributed by atoms with Gasteiger partial charge in [-0.05, 0) is 37.5 Å². The van der Waals surface area contributed by atoms with Crippen LogP contribution in [0.15, 0.2) is 18.2 Å². The van der Waals surface area contributed by atoms with Crippen LogP contribution in [0.2, 0.25) is 5.02 Å². The molecule has 23 heavy (non-hydrogen) atoms. The van der Waals surface area contributed by atoms with Crippen LogP contribution in [0.5, 0.6) is 5.75 Å². The molecule has 1 aromatic rings. The van der Waals surface area contributed by atoms with Crippen molar-refractivity contribution in [3.8, 4) is 5.75 Å². The highest BCUT2D eigenvalue weighted by Crippen LogP contribution is 2.27. The number of halogens is 1. The number of nitrogens with two attached hydrogens (primary N) is 1. The number of rotatable bonds is 9. The standard InChI is InChI=1S/C17H28ClN3O2/c1-12(2)10-17(3,11-19)21-16(22)7-8-20-14-9-13(18)5-6-15(14)23-4/h5-6,9,12,20H,7-8,10-11,19H2,1-4H3,(H,21,22). The molecule has 0 aliphatic rings. The molecule has 0 aliphatic carbocycles. The molecule has 0 fully saturated rings. The van der Waals surface area contributed by atoms with Crippen LogP contribution in [0.25, 0.3) is 0 Å². The first-order chi connectivity index (χ1) is 10.8. The van der Waals surface area contributed by atoms with Gasteiger partial charge in [0.05, 0.1) is 12.8 Å². The maximum Gasteiger partial charge on any atom is 0.222 e. The second-order valence-electron chi connectivity index (χ2n) is 6.43. The van der Waals surface area contributed by atoms with E-state index >= 15 is 0 Å². The zero-order valence-corrected chi connectivity index (χ0v) is 15.2. The Kier molecular flexibility index (Phi) is 7.65. The smallest absolute Gasteiger partial charge is 0.222 e. The van der Waals surface area contributed by atoms with E-state index in [0.717, 1.165) is 12.1 Å². The lowest BCUT2D eigenvalue weighted by Crippen LogP contribution is -2.52. The van der Waals surface area contributed by atoms with Crippen LogP contribution in [0.3, 0.4) is 0 Å². The molecule has 1 unspecified atom stereocenters. The highest BCUT2D eigenvalue weighted by Gasteiger charge is 2.25. The van der Waals surface area contributed by atoms with Crippen molar-refractivity contribution < 1.29 is 9.53 Å². The van der Waals surface area contributed by atoms with Crippen molar-refractivity contribution in [1.82, 2.24) is 5.32 Å². The summed E-state index contributed by atoms with van der Waals surface area (Å²) in [6.07, 6.45) is 1.20. The van der Waals surface area contributed by atoms with Gasteiger partial charge < -0.3 is 21.1 Å². The van der Waals surface area contributed by atoms with Gasteiger partial charge in [-0.2, -0.15) is 0 Å². The maximum absolute atomic E-state index is 12.1. The molecule has 4 N–H and O–H groups in total. The van der Waals surface area contributed by atoms with E-state index in [2.05, 4.69) is 24.5 Å². The van der Waals surface area contributed by atoms with E-state index in [1.54, 1.807) is 25.3 Å². The lowest BCUT2D eigenvalue weighted by Gasteiger charge is -2.31. The average Bonchev–Trinajstić information content (AvgIpc) is 2.46. The Morgan fingerprint density at radius 2 is 2.13 bits per heavy atom. The molecule has 0 heterocycles. The number of hydrogen-bond acceptors (Lipinski definition) is 4. The molecule has 1 atom stereocenters. The number of amides is 1. The lowest BCUT2D eigenvalue weighted by molar-refractivity contribution is -0.122. The highest BCUT2D eigenvalue weighted by atomic mass is 35.5. The van der Waals surface area contributed by atoms with Crippen molar-refractivity contribution in [2.24, 2.45) is 11.7 Å². The van der Waals surface area contributed by atoms with Gasteiger partial charge in [-0.1, -0.05) is 25.4 Å². The van der Waals surface area contributed by atoms with Crippen LogP contribution in [0.4, 0.5) is 5.69 Å². The van der Waals surface area contributed by atoms with Gasteiger partial charge in [0, 0.05) is 30.1 Å². The third-order valence-electron chi connectivity index (χ3n) is 3.58. The summed E-state index contributed by atoms with van der Waals surface area (Å²) in [5, 5.41) is 6.83. The molecule has 0 aliphatic heterocycles. The zero-order chi connectivity index (χ0) is 17.5.